The van der Waals surface area contributed by atoms with Crippen LogP contribution >= 0.6 is 0 Å². The molecular formula is C16H21N. The molecule has 0 spiro atoms. The molecule has 0 aliphatic carbocycles. The zero-order chi connectivity index (χ0) is 12.3. The Balaban J connectivity index is 2.61. The Morgan fingerprint density at radius 2 is 1.88 bits per heavy atom. The van der Waals surface area contributed by atoms with Gasteiger partial charge in [-0.3, -0.25) is 4.98 Å². The van der Waals surface area contributed by atoms with Crippen molar-refractivity contribution in [2.24, 2.45) is 0 Å². The van der Waals surface area contributed by atoms with Gasteiger partial charge in [0.2, 0.25) is 0 Å². The van der Waals surface area contributed by atoms with E-state index in [1.165, 1.54) is 30.2 Å². The van der Waals surface area contributed by atoms with Crippen molar-refractivity contribution in [2.45, 2.75) is 45.4 Å². The number of benzene rings is 1. The largest absolute Gasteiger partial charge is 0.256 e. The second-order valence-corrected chi connectivity index (χ2v) is 5.04. The zero-order valence-electron chi connectivity index (χ0n) is 11.0. The van der Waals surface area contributed by atoms with Crippen molar-refractivity contribution in [3.63, 3.8) is 0 Å². The van der Waals surface area contributed by atoms with E-state index in [1.54, 1.807) is 0 Å². The molecule has 0 aliphatic rings. The first-order chi connectivity index (χ1) is 8.21. The van der Waals surface area contributed by atoms with Crippen LogP contribution in [0.1, 0.15) is 45.6 Å². The fourth-order valence-electron chi connectivity index (χ4n) is 2.68. The van der Waals surface area contributed by atoms with Crippen molar-refractivity contribution in [1.82, 2.24) is 4.98 Å². The van der Waals surface area contributed by atoms with Crippen LogP contribution in [-0.2, 0) is 5.41 Å². The van der Waals surface area contributed by atoms with Crippen molar-refractivity contribution < 1.29 is 0 Å². The Morgan fingerprint density at radius 1 is 1.12 bits per heavy atom. The van der Waals surface area contributed by atoms with Crippen LogP contribution in [-0.4, -0.2) is 4.98 Å². The lowest BCUT2D eigenvalue weighted by molar-refractivity contribution is 0.417. The summed E-state index contributed by atoms with van der Waals surface area (Å²) in [5.41, 5.74) is 2.84. The van der Waals surface area contributed by atoms with Crippen molar-refractivity contribution in [2.75, 3.05) is 0 Å². The smallest absolute Gasteiger partial charge is 0.0704 e. The van der Waals surface area contributed by atoms with Gasteiger partial charge in [-0.25, -0.2) is 0 Å². The summed E-state index contributed by atoms with van der Waals surface area (Å²) in [6.45, 7) is 6.92. The Labute approximate surface area is 104 Å². The normalized spacial score (nSPS) is 14.8. The molecule has 90 valence electrons. The molecule has 1 unspecified atom stereocenters. The second kappa shape index (κ2) is 4.87. The Morgan fingerprint density at radius 3 is 2.59 bits per heavy atom. The van der Waals surface area contributed by atoms with Crippen LogP contribution in [0, 0.1) is 0 Å². The number of nitrogens with zero attached hydrogens (tertiary/aromatic N) is 1. The Hall–Kier alpha value is -1.37. The lowest BCUT2D eigenvalue weighted by Crippen LogP contribution is -2.21. The van der Waals surface area contributed by atoms with E-state index in [0.29, 0.717) is 0 Å². The fraction of sp³-hybridized carbons (Fsp3) is 0.438. The van der Waals surface area contributed by atoms with Gasteiger partial charge in [0.25, 0.3) is 0 Å². The maximum absolute atomic E-state index is 4.45. The molecule has 0 saturated carbocycles. The summed E-state index contributed by atoms with van der Waals surface area (Å²) >= 11 is 0. The molecule has 1 atom stereocenters. The average molecular weight is 227 g/mol. The maximum Gasteiger partial charge on any atom is 0.0704 e. The van der Waals surface area contributed by atoms with E-state index >= 15 is 0 Å². The summed E-state index contributed by atoms with van der Waals surface area (Å²) in [5, 5.41) is 1.31. The minimum Gasteiger partial charge on any atom is -0.256 e. The van der Waals surface area contributed by atoms with Crippen LogP contribution in [0.25, 0.3) is 10.9 Å². The molecule has 0 aliphatic heterocycles. The summed E-state index contributed by atoms with van der Waals surface area (Å²) in [6, 6.07) is 10.7. The van der Waals surface area contributed by atoms with Gasteiger partial charge in [0.05, 0.1) is 5.52 Å². The topological polar surface area (TPSA) is 12.9 Å². The number of rotatable bonds is 4. The summed E-state index contributed by atoms with van der Waals surface area (Å²) < 4.78 is 0. The molecule has 1 heteroatoms. The van der Waals surface area contributed by atoms with Gasteiger partial charge in [-0.2, -0.15) is 0 Å². The van der Waals surface area contributed by atoms with Crippen molar-refractivity contribution >= 4 is 10.9 Å². The van der Waals surface area contributed by atoms with Gasteiger partial charge in [0.1, 0.15) is 0 Å². The van der Waals surface area contributed by atoms with Gasteiger partial charge in [-0.15, -0.1) is 0 Å². The third-order valence-electron chi connectivity index (χ3n) is 3.88. The van der Waals surface area contributed by atoms with Gasteiger partial charge in [0, 0.05) is 11.6 Å². The van der Waals surface area contributed by atoms with Crippen LogP contribution in [0.2, 0.25) is 0 Å². The molecule has 1 aromatic carbocycles. The molecule has 17 heavy (non-hydrogen) atoms. The van der Waals surface area contributed by atoms with E-state index in [1.807, 2.05) is 6.20 Å². The molecule has 0 fully saturated rings. The first-order valence-corrected chi connectivity index (χ1v) is 6.55. The van der Waals surface area contributed by atoms with E-state index in [9.17, 15) is 0 Å². The molecule has 0 amide bonds. The van der Waals surface area contributed by atoms with Crippen LogP contribution in [0.15, 0.2) is 36.5 Å². The van der Waals surface area contributed by atoms with E-state index in [2.05, 4.69) is 56.1 Å². The molecule has 1 nitrogen and oxygen atoms in total. The highest BCUT2D eigenvalue weighted by Gasteiger charge is 2.25. The molecule has 1 heterocycles. The third kappa shape index (κ3) is 2.19. The van der Waals surface area contributed by atoms with Crippen LogP contribution < -0.4 is 0 Å². The Bertz CT molecular complexity index is 498. The first-order valence-electron chi connectivity index (χ1n) is 6.55. The predicted molar refractivity (Wildman–Crippen MR) is 74.3 cm³/mol. The molecule has 0 saturated heterocycles. The predicted octanol–water partition coefficient (Wildman–Crippen LogP) is 4.70. The number of fused-ring (bicyclic) bond motifs is 1. The van der Waals surface area contributed by atoms with Gasteiger partial charge in [-0.05, 0) is 36.0 Å². The SMILES string of the molecule is CCCC(C)(CC)c1ccnc2ccccc12. The van der Waals surface area contributed by atoms with Crippen LogP contribution in [0.4, 0.5) is 0 Å². The molecule has 2 rings (SSSR count). The lowest BCUT2D eigenvalue weighted by Gasteiger charge is -2.29. The molecular weight excluding hydrogens is 206 g/mol. The lowest BCUT2D eigenvalue weighted by atomic mass is 9.75. The van der Waals surface area contributed by atoms with Gasteiger partial charge >= 0.3 is 0 Å². The fourth-order valence-corrected chi connectivity index (χ4v) is 2.68. The van der Waals surface area contributed by atoms with E-state index in [4.69, 9.17) is 0 Å². The van der Waals surface area contributed by atoms with E-state index in [0.717, 1.165) is 5.52 Å². The van der Waals surface area contributed by atoms with Gasteiger partial charge in [-0.1, -0.05) is 45.4 Å². The highest BCUT2D eigenvalue weighted by atomic mass is 14.6. The Kier molecular flexibility index (Phi) is 3.46. The highest BCUT2D eigenvalue weighted by molar-refractivity contribution is 5.82. The van der Waals surface area contributed by atoms with Crippen molar-refractivity contribution in [1.29, 1.82) is 0 Å². The molecule has 2 aromatic rings. The molecule has 0 bridgehead atoms. The van der Waals surface area contributed by atoms with Crippen LogP contribution in [0.5, 0.6) is 0 Å². The number of pyridine rings is 1. The number of hydrogen-bond donors (Lipinski definition) is 0. The van der Waals surface area contributed by atoms with Gasteiger partial charge < -0.3 is 0 Å². The minimum atomic E-state index is 0.275. The third-order valence-corrected chi connectivity index (χ3v) is 3.88. The number of hydrogen-bond acceptors (Lipinski definition) is 1. The highest BCUT2D eigenvalue weighted by Crippen LogP contribution is 2.36. The monoisotopic (exact) mass is 227 g/mol. The molecule has 0 radical (unpaired) electrons. The summed E-state index contributed by atoms with van der Waals surface area (Å²) in [5.74, 6) is 0. The summed E-state index contributed by atoms with van der Waals surface area (Å²) in [4.78, 5) is 4.45. The summed E-state index contributed by atoms with van der Waals surface area (Å²) in [6.07, 6.45) is 5.58. The summed E-state index contributed by atoms with van der Waals surface area (Å²) in [7, 11) is 0. The second-order valence-electron chi connectivity index (χ2n) is 5.04. The quantitative estimate of drug-likeness (QED) is 0.737. The number of para-hydroxylation sites is 1. The van der Waals surface area contributed by atoms with Crippen LogP contribution in [0.3, 0.4) is 0 Å². The van der Waals surface area contributed by atoms with Crippen molar-refractivity contribution in [3.05, 3.63) is 42.1 Å². The number of aromatic nitrogens is 1. The van der Waals surface area contributed by atoms with E-state index in [-0.39, 0.29) is 5.41 Å². The first kappa shape index (κ1) is 12.1. The standard InChI is InChI=1S/C16H21N/c1-4-11-16(3,5-2)14-10-12-17-15-9-7-6-8-13(14)15/h6-10,12H,4-5,11H2,1-3H3. The van der Waals surface area contributed by atoms with Gasteiger partial charge in [0.15, 0.2) is 0 Å². The van der Waals surface area contributed by atoms with E-state index < -0.39 is 0 Å². The minimum absolute atomic E-state index is 0.275. The maximum atomic E-state index is 4.45. The average Bonchev–Trinajstić information content (AvgIpc) is 2.38. The van der Waals surface area contributed by atoms with Crippen molar-refractivity contribution in [3.8, 4) is 0 Å². The zero-order valence-corrected chi connectivity index (χ0v) is 11.0. The molecule has 1 aromatic heterocycles. The molecule has 0 N–H and O–H groups in total.